The van der Waals surface area contributed by atoms with Crippen LogP contribution in [0.2, 0.25) is 0 Å². The topological polar surface area (TPSA) is 54.5 Å². The average molecular weight is 422 g/mol. The van der Waals surface area contributed by atoms with E-state index in [-0.39, 0.29) is 12.3 Å². The molecule has 0 aliphatic heterocycles. The maximum Gasteiger partial charge on any atom is 0.231 e. The van der Waals surface area contributed by atoms with Crippen LogP contribution in [0.1, 0.15) is 21.8 Å². The molecule has 3 aromatic rings. The first-order valence-corrected chi connectivity index (χ1v) is 10.7. The van der Waals surface area contributed by atoms with Crippen molar-refractivity contribution in [3.8, 4) is 5.75 Å². The molecule has 1 N–H and O–H groups in total. The molecule has 1 amide bonds. The second-order valence-corrected chi connectivity index (χ2v) is 8.18. The fourth-order valence-corrected chi connectivity index (χ4v) is 3.76. The minimum Gasteiger partial charge on any atom is -0.490 e. The van der Waals surface area contributed by atoms with Crippen molar-refractivity contribution in [1.82, 2.24) is 9.88 Å². The molecule has 0 saturated carbocycles. The second-order valence-electron chi connectivity index (χ2n) is 7.24. The molecule has 5 nitrogen and oxygen atoms in total. The van der Waals surface area contributed by atoms with Gasteiger partial charge in [-0.1, -0.05) is 42.5 Å². The number of benzene rings is 2. The van der Waals surface area contributed by atoms with E-state index in [1.165, 1.54) is 22.5 Å². The van der Waals surface area contributed by atoms with Crippen LogP contribution >= 0.6 is 11.3 Å². The van der Waals surface area contributed by atoms with Gasteiger partial charge in [0.2, 0.25) is 5.91 Å². The predicted molar refractivity (Wildman–Crippen MR) is 123 cm³/mol. The smallest absolute Gasteiger partial charge is 0.231 e. The molecule has 0 aliphatic rings. The summed E-state index contributed by atoms with van der Waals surface area (Å²) in [7, 11) is 2.06. The number of amides is 1. The molecule has 0 bridgehead atoms. The van der Waals surface area contributed by atoms with Gasteiger partial charge in [0.1, 0.15) is 17.4 Å². The SMILES string of the molecule is C=CCOc1ccc(CN(C)Cc2csc(CC(=O)Nc3ccc(C)cc3)n2)cc1. The molecule has 0 saturated heterocycles. The van der Waals surface area contributed by atoms with Gasteiger partial charge in [0, 0.05) is 24.2 Å². The van der Waals surface area contributed by atoms with Crippen molar-refractivity contribution < 1.29 is 9.53 Å². The predicted octanol–water partition coefficient (Wildman–Crippen LogP) is 4.83. The highest BCUT2D eigenvalue weighted by molar-refractivity contribution is 7.09. The van der Waals surface area contributed by atoms with E-state index in [1.54, 1.807) is 6.08 Å². The lowest BCUT2D eigenvalue weighted by atomic mass is 10.2. The Balaban J connectivity index is 1.47. The number of nitrogens with zero attached hydrogens (tertiary/aromatic N) is 2. The van der Waals surface area contributed by atoms with Gasteiger partial charge in [-0.05, 0) is 43.8 Å². The van der Waals surface area contributed by atoms with E-state index in [0.29, 0.717) is 6.61 Å². The molecular weight excluding hydrogens is 394 g/mol. The number of hydrogen-bond donors (Lipinski definition) is 1. The zero-order valence-corrected chi connectivity index (χ0v) is 18.2. The lowest BCUT2D eigenvalue weighted by Gasteiger charge is -2.15. The van der Waals surface area contributed by atoms with E-state index < -0.39 is 0 Å². The number of carbonyl (C=O) groups excluding carboxylic acids is 1. The molecular formula is C24H27N3O2S. The number of anilines is 1. The van der Waals surface area contributed by atoms with Crippen molar-refractivity contribution in [3.05, 3.63) is 88.4 Å². The summed E-state index contributed by atoms with van der Waals surface area (Å²) in [6.07, 6.45) is 2.02. The highest BCUT2D eigenvalue weighted by Crippen LogP contribution is 2.17. The van der Waals surface area contributed by atoms with Crippen molar-refractivity contribution in [2.45, 2.75) is 26.4 Å². The van der Waals surface area contributed by atoms with Gasteiger partial charge in [-0.15, -0.1) is 11.3 Å². The number of ether oxygens (including phenoxy) is 1. The third-order valence-electron chi connectivity index (χ3n) is 4.42. The molecule has 0 aliphatic carbocycles. The largest absolute Gasteiger partial charge is 0.490 e. The highest BCUT2D eigenvalue weighted by Gasteiger charge is 2.10. The number of thiazole rings is 1. The summed E-state index contributed by atoms with van der Waals surface area (Å²) in [6.45, 7) is 7.72. The first-order chi connectivity index (χ1) is 14.5. The summed E-state index contributed by atoms with van der Waals surface area (Å²) >= 11 is 1.53. The maximum atomic E-state index is 12.3. The summed E-state index contributed by atoms with van der Waals surface area (Å²) in [6, 6.07) is 15.9. The van der Waals surface area contributed by atoms with Gasteiger partial charge in [0.15, 0.2) is 0 Å². The van der Waals surface area contributed by atoms with Crippen LogP contribution in [-0.2, 0) is 24.3 Å². The normalized spacial score (nSPS) is 10.8. The average Bonchev–Trinajstić information content (AvgIpc) is 3.15. The Labute approximate surface area is 182 Å². The van der Waals surface area contributed by atoms with E-state index in [4.69, 9.17) is 4.74 Å². The molecule has 1 aromatic heterocycles. The molecule has 2 aromatic carbocycles. The van der Waals surface area contributed by atoms with Crippen LogP contribution in [0.4, 0.5) is 5.69 Å². The van der Waals surface area contributed by atoms with Crippen molar-refractivity contribution in [2.24, 2.45) is 0 Å². The molecule has 0 unspecified atom stereocenters. The van der Waals surface area contributed by atoms with Crippen molar-refractivity contribution in [3.63, 3.8) is 0 Å². The fourth-order valence-electron chi connectivity index (χ4n) is 2.97. The minimum absolute atomic E-state index is 0.0492. The van der Waals surface area contributed by atoms with Gasteiger partial charge < -0.3 is 10.1 Å². The third-order valence-corrected chi connectivity index (χ3v) is 5.32. The van der Waals surface area contributed by atoms with E-state index in [0.717, 1.165) is 35.2 Å². The van der Waals surface area contributed by atoms with Crippen LogP contribution in [0.3, 0.4) is 0 Å². The number of hydrogen-bond acceptors (Lipinski definition) is 5. The van der Waals surface area contributed by atoms with Crippen molar-refractivity contribution >= 4 is 22.9 Å². The molecule has 156 valence electrons. The molecule has 30 heavy (non-hydrogen) atoms. The summed E-state index contributed by atoms with van der Waals surface area (Å²) in [4.78, 5) is 19.1. The Kier molecular flexibility index (Phi) is 7.76. The molecule has 6 heteroatoms. The number of rotatable bonds is 10. The Hall–Kier alpha value is -2.96. The zero-order valence-electron chi connectivity index (χ0n) is 17.4. The van der Waals surface area contributed by atoms with Crippen LogP contribution < -0.4 is 10.1 Å². The van der Waals surface area contributed by atoms with Crippen LogP contribution in [0.5, 0.6) is 5.75 Å². The first-order valence-electron chi connectivity index (χ1n) is 9.83. The standard InChI is InChI=1S/C24H27N3O2S/c1-4-13-29-22-11-7-19(8-12-22)15-27(3)16-21-17-30-24(26-21)14-23(28)25-20-9-5-18(2)6-10-20/h4-12,17H,1,13-16H2,2-3H3,(H,25,28). The Morgan fingerprint density at radius 1 is 1.17 bits per heavy atom. The molecule has 0 spiro atoms. The van der Waals surface area contributed by atoms with Crippen LogP contribution in [0, 0.1) is 6.92 Å². The summed E-state index contributed by atoms with van der Waals surface area (Å²) in [5, 5.41) is 5.77. The lowest BCUT2D eigenvalue weighted by molar-refractivity contribution is -0.115. The highest BCUT2D eigenvalue weighted by atomic mass is 32.1. The number of carbonyl (C=O) groups is 1. The van der Waals surface area contributed by atoms with E-state index in [1.807, 2.05) is 48.7 Å². The summed E-state index contributed by atoms with van der Waals surface area (Å²) < 4.78 is 5.51. The number of aryl methyl sites for hydroxylation is 1. The third kappa shape index (κ3) is 6.83. The number of aromatic nitrogens is 1. The van der Waals surface area contributed by atoms with Crippen molar-refractivity contribution in [2.75, 3.05) is 19.0 Å². The van der Waals surface area contributed by atoms with Crippen LogP contribution in [-0.4, -0.2) is 29.4 Å². The van der Waals surface area contributed by atoms with Crippen LogP contribution in [0.25, 0.3) is 0 Å². The Morgan fingerprint density at radius 3 is 2.60 bits per heavy atom. The lowest BCUT2D eigenvalue weighted by Crippen LogP contribution is -2.18. The zero-order chi connectivity index (χ0) is 21.3. The number of nitrogens with one attached hydrogen (secondary N) is 1. The molecule has 0 atom stereocenters. The first kappa shape index (κ1) is 21.7. The van der Waals surface area contributed by atoms with E-state index >= 15 is 0 Å². The Bertz CT molecular complexity index is 965. The van der Waals surface area contributed by atoms with Crippen LogP contribution in [0.15, 0.2) is 66.6 Å². The van der Waals surface area contributed by atoms with Gasteiger partial charge in [-0.25, -0.2) is 4.98 Å². The van der Waals surface area contributed by atoms with Gasteiger partial charge >= 0.3 is 0 Å². The van der Waals surface area contributed by atoms with Crippen molar-refractivity contribution in [1.29, 1.82) is 0 Å². The van der Waals surface area contributed by atoms with E-state index in [2.05, 4.69) is 41.0 Å². The quantitative estimate of drug-likeness (QED) is 0.477. The summed E-state index contributed by atoms with van der Waals surface area (Å²) in [5.41, 5.74) is 4.16. The molecule has 3 rings (SSSR count). The molecule has 0 fully saturated rings. The summed E-state index contributed by atoms with van der Waals surface area (Å²) in [5.74, 6) is 0.793. The molecule has 1 heterocycles. The maximum absolute atomic E-state index is 12.3. The van der Waals surface area contributed by atoms with Gasteiger partial charge in [0.25, 0.3) is 0 Å². The van der Waals surface area contributed by atoms with Gasteiger partial charge in [-0.2, -0.15) is 0 Å². The fraction of sp³-hybridized carbons (Fsp3) is 0.250. The monoisotopic (exact) mass is 421 g/mol. The Morgan fingerprint density at radius 2 is 1.90 bits per heavy atom. The second kappa shape index (κ2) is 10.7. The minimum atomic E-state index is -0.0492. The van der Waals surface area contributed by atoms with E-state index in [9.17, 15) is 4.79 Å². The molecule has 0 radical (unpaired) electrons. The van der Waals surface area contributed by atoms with Gasteiger partial charge in [0.05, 0.1) is 12.1 Å². The van der Waals surface area contributed by atoms with Gasteiger partial charge in [-0.3, -0.25) is 9.69 Å².